The first kappa shape index (κ1) is 15.1. The Hall–Kier alpha value is -1.84. The van der Waals surface area contributed by atoms with Gasteiger partial charge in [-0.05, 0) is 62.5 Å². The topological polar surface area (TPSA) is 66.4 Å². The summed E-state index contributed by atoms with van der Waals surface area (Å²) in [6.45, 7) is 3.93. The predicted molar refractivity (Wildman–Crippen MR) is 84.6 cm³/mol. The SMILES string of the molecule is Cc1cccc(C)c1NC(=O)[C@H]1C2CCC(CC2)[C@H]1C(=O)O. The molecule has 3 aliphatic rings. The van der Waals surface area contributed by atoms with Gasteiger partial charge in [-0.2, -0.15) is 0 Å². The molecule has 0 aliphatic heterocycles. The highest BCUT2D eigenvalue weighted by molar-refractivity contribution is 5.96. The fourth-order valence-corrected chi connectivity index (χ4v) is 4.40. The van der Waals surface area contributed by atoms with Gasteiger partial charge in [0.15, 0.2) is 0 Å². The molecule has 1 aromatic carbocycles. The summed E-state index contributed by atoms with van der Waals surface area (Å²) in [5, 5.41) is 12.6. The molecule has 4 nitrogen and oxygen atoms in total. The molecule has 0 radical (unpaired) electrons. The summed E-state index contributed by atoms with van der Waals surface area (Å²) < 4.78 is 0. The number of hydrogen-bond donors (Lipinski definition) is 2. The van der Waals surface area contributed by atoms with Gasteiger partial charge >= 0.3 is 5.97 Å². The maximum absolute atomic E-state index is 12.8. The number of anilines is 1. The van der Waals surface area contributed by atoms with E-state index in [1.165, 1.54) is 0 Å². The van der Waals surface area contributed by atoms with Crippen LogP contribution in [0, 0.1) is 37.5 Å². The molecule has 2 atom stereocenters. The van der Waals surface area contributed by atoms with Crippen LogP contribution in [0.4, 0.5) is 5.69 Å². The number of aryl methyl sites for hydroxylation is 2. The number of hydrogen-bond acceptors (Lipinski definition) is 2. The number of fused-ring (bicyclic) bond motifs is 3. The molecule has 1 amide bonds. The molecule has 0 heterocycles. The van der Waals surface area contributed by atoms with Crippen LogP contribution in [0.2, 0.25) is 0 Å². The second kappa shape index (κ2) is 5.75. The minimum atomic E-state index is -0.809. The second-order valence-electron chi connectivity index (χ2n) is 6.82. The Labute approximate surface area is 130 Å². The molecule has 1 aromatic rings. The van der Waals surface area contributed by atoms with Crippen molar-refractivity contribution in [3.05, 3.63) is 29.3 Å². The van der Waals surface area contributed by atoms with Crippen LogP contribution in [0.3, 0.4) is 0 Å². The Morgan fingerprint density at radius 3 is 2.00 bits per heavy atom. The van der Waals surface area contributed by atoms with Crippen molar-refractivity contribution in [2.24, 2.45) is 23.7 Å². The fourth-order valence-electron chi connectivity index (χ4n) is 4.40. The Bertz CT molecular complexity index is 582. The summed E-state index contributed by atoms with van der Waals surface area (Å²) in [7, 11) is 0. The van der Waals surface area contributed by atoms with E-state index in [1.807, 2.05) is 32.0 Å². The van der Waals surface area contributed by atoms with Crippen LogP contribution >= 0.6 is 0 Å². The number of carboxylic acid groups (broad SMARTS) is 1. The third kappa shape index (κ3) is 2.51. The van der Waals surface area contributed by atoms with E-state index in [4.69, 9.17) is 0 Å². The van der Waals surface area contributed by atoms with Gasteiger partial charge in [0.1, 0.15) is 0 Å². The van der Waals surface area contributed by atoms with E-state index < -0.39 is 11.9 Å². The van der Waals surface area contributed by atoms with E-state index in [0.717, 1.165) is 42.5 Å². The molecule has 4 heteroatoms. The molecule has 3 aliphatic carbocycles. The molecule has 0 aromatic heterocycles. The number of nitrogens with one attached hydrogen (secondary N) is 1. The lowest BCUT2D eigenvalue weighted by Crippen LogP contribution is -2.49. The van der Waals surface area contributed by atoms with Gasteiger partial charge in [0.2, 0.25) is 5.91 Å². The van der Waals surface area contributed by atoms with Crippen molar-refractivity contribution in [2.45, 2.75) is 39.5 Å². The molecule has 2 bridgehead atoms. The third-order valence-electron chi connectivity index (χ3n) is 5.54. The van der Waals surface area contributed by atoms with Crippen LogP contribution in [0.15, 0.2) is 18.2 Å². The Morgan fingerprint density at radius 2 is 1.50 bits per heavy atom. The maximum atomic E-state index is 12.8. The molecule has 3 fully saturated rings. The zero-order valence-electron chi connectivity index (χ0n) is 13.1. The van der Waals surface area contributed by atoms with Crippen molar-refractivity contribution >= 4 is 17.6 Å². The Kier molecular flexibility index (Phi) is 3.94. The first-order valence-electron chi connectivity index (χ1n) is 8.09. The monoisotopic (exact) mass is 301 g/mol. The number of benzene rings is 1. The lowest BCUT2D eigenvalue weighted by molar-refractivity contribution is -0.156. The van der Waals surface area contributed by atoms with Gasteiger partial charge in [-0.15, -0.1) is 0 Å². The van der Waals surface area contributed by atoms with Crippen molar-refractivity contribution in [3.63, 3.8) is 0 Å². The minimum absolute atomic E-state index is 0.112. The average Bonchev–Trinajstić information content (AvgIpc) is 2.51. The van der Waals surface area contributed by atoms with Crippen molar-refractivity contribution in [1.29, 1.82) is 0 Å². The summed E-state index contributed by atoms with van der Waals surface area (Å²) in [6.07, 6.45) is 3.88. The maximum Gasteiger partial charge on any atom is 0.307 e. The number of carboxylic acids is 1. The van der Waals surface area contributed by atoms with Crippen molar-refractivity contribution in [3.8, 4) is 0 Å². The standard InChI is InChI=1S/C18H23NO3/c1-10-4-3-5-11(2)16(10)19-17(20)14-12-6-8-13(9-7-12)15(14)18(21)22/h3-5,12-15H,6-9H2,1-2H3,(H,19,20)(H,21,22)/t12?,13?,14-,15+/m0/s1. The van der Waals surface area contributed by atoms with E-state index in [2.05, 4.69) is 5.32 Å². The smallest absolute Gasteiger partial charge is 0.307 e. The van der Waals surface area contributed by atoms with Crippen LogP contribution in [0.25, 0.3) is 0 Å². The zero-order valence-corrected chi connectivity index (χ0v) is 13.1. The fraction of sp³-hybridized carbons (Fsp3) is 0.556. The lowest BCUT2D eigenvalue weighted by atomic mass is 9.58. The summed E-state index contributed by atoms with van der Waals surface area (Å²) >= 11 is 0. The third-order valence-corrected chi connectivity index (χ3v) is 5.54. The highest BCUT2D eigenvalue weighted by Gasteiger charge is 2.50. The number of para-hydroxylation sites is 1. The molecule has 22 heavy (non-hydrogen) atoms. The van der Waals surface area contributed by atoms with Crippen LogP contribution < -0.4 is 5.32 Å². The van der Waals surface area contributed by atoms with Gasteiger partial charge < -0.3 is 10.4 Å². The van der Waals surface area contributed by atoms with Gasteiger partial charge in [-0.3, -0.25) is 9.59 Å². The van der Waals surface area contributed by atoms with Crippen LogP contribution in [0.5, 0.6) is 0 Å². The van der Waals surface area contributed by atoms with E-state index in [9.17, 15) is 14.7 Å². The minimum Gasteiger partial charge on any atom is -0.481 e. The second-order valence-corrected chi connectivity index (χ2v) is 6.82. The molecule has 118 valence electrons. The van der Waals surface area contributed by atoms with E-state index >= 15 is 0 Å². The van der Waals surface area contributed by atoms with Gasteiger partial charge in [-0.1, -0.05) is 18.2 Å². The van der Waals surface area contributed by atoms with Gasteiger partial charge in [0.25, 0.3) is 0 Å². The van der Waals surface area contributed by atoms with E-state index in [1.54, 1.807) is 0 Å². The molecule has 0 spiro atoms. The predicted octanol–water partition coefficient (Wildman–Crippen LogP) is 3.38. The molecular formula is C18H23NO3. The summed E-state index contributed by atoms with van der Waals surface area (Å²) in [6, 6.07) is 5.89. The number of rotatable bonds is 3. The summed E-state index contributed by atoms with van der Waals surface area (Å²) in [5.74, 6) is -1.44. The zero-order chi connectivity index (χ0) is 15.9. The number of amides is 1. The molecule has 0 unspecified atom stereocenters. The van der Waals surface area contributed by atoms with Crippen LogP contribution in [-0.4, -0.2) is 17.0 Å². The first-order valence-corrected chi connectivity index (χ1v) is 8.09. The first-order chi connectivity index (χ1) is 10.5. The summed E-state index contributed by atoms with van der Waals surface area (Å²) in [4.78, 5) is 24.5. The van der Waals surface area contributed by atoms with Crippen molar-refractivity contribution in [2.75, 3.05) is 5.32 Å². The number of carbonyl (C=O) groups excluding carboxylic acids is 1. The molecule has 2 N–H and O–H groups in total. The highest BCUT2D eigenvalue weighted by Crippen LogP contribution is 2.49. The average molecular weight is 301 g/mol. The molecule has 3 saturated carbocycles. The quantitative estimate of drug-likeness (QED) is 0.899. The van der Waals surface area contributed by atoms with E-state index in [0.29, 0.717) is 0 Å². The Morgan fingerprint density at radius 1 is 1.00 bits per heavy atom. The van der Waals surface area contributed by atoms with Gasteiger partial charge in [-0.25, -0.2) is 0 Å². The number of carbonyl (C=O) groups is 2. The van der Waals surface area contributed by atoms with Gasteiger partial charge in [0.05, 0.1) is 11.8 Å². The summed E-state index contributed by atoms with van der Waals surface area (Å²) in [5.41, 5.74) is 2.86. The Balaban J connectivity index is 1.86. The van der Waals surface area contributed by atoms with Crippen molar-refractivity contribution in [1.82, 2.24) is 0 Å². The van der Waals surface area contributed by atoms with Crippen LogP contribution in [-0.2, 0) is 9.59 Å². The largest absolute Gasteiger partial charge is 0.481 e. The van der Waals surface area contributed by atoms with Crippen molar-refractivity contribution < 1.29 is 14.7 Å². The van der Waals surface area contributed by atoms with Gasteiger partial charge in [0, 0.05) is 5.69 Å². The van der Waals surface area contributed by atoms with E-state index in [-0.39, 0.29) is 23.7 Å². The number of aliphatic carboxylic acids is 1. The molecule has 0 saturated heterocycles. The van der Waals surface area contributed by atoms with Crippen LogP contribution in [0.1, 0.15) is 36.8 Å². The lowest BCUT2D eigenvalue weighted by Gasteiger charge is -2.45. The molecular weight excluding hydrogens is 278 g/mol. The molecule has 4 rings (SSSR count). The normalized spacial score (nSPS) is 30.1. The highest BCUT2D eigenvalue weighted by atomic mass is 16.4.